The second-order valence-electron chi connectivity index (χ2n) is 5.97. The molecule has 0 saturated carbocycles. The van der Waals surface area contributed by atoms with Crippen LogP contribution in [-0.2, 0) is 0 Å². The summed E-state index contributed by atoms with van der Waals surface area (Å²) < 4.78 is 0. The van der Waals surface area contributed by atoms with Gasteiger partial charge in [-0.25, -0.2) is 0 Å². The zero-order chi connectivity index (χ0) is 9.92. The summed E-state index contributed by atoms with van der Waals surface area (Å²) >= 11 is 0. The average molecular weight is 196 g/mol. The number of nitrogens with zero attached hydrogens (tertiary/aromatic N) is 4. The zero-order valence-electron chi connectivity index (χ0n) is 9.40. The molecule has 0 aromatic carbocycles. The first-order valence-electron chi connectivity index (χ1n) is 5.47. The van der Waals surface area contributed by atoms with Crippen molar-refractivity contribution in [1.29, 1.82) is 0 Å². The van der Waals surface area contributed by atoms with Gasteiger partial charge in [-0.1, -0.05) is 20.8 Å². The minimum absolute atomic E-state index is 0.371. The third kappa shape index (κ3) is 1.21. The summed E-state index contributed by atoms with van der Waals surface area (Å²) in [6, 6.07) is 0. The normalized spacial score (nSPS) is 51.2. The predicted molar refractivity (Wildman–Crippen MR) is 54.9 cm³/mol. The standard InChI is InChI=1S/C10H20N4/c1-10(2,3)9-13-5-11-4-12(7-13)8-14(9)6-11/h9H,4-8H2,1-3H3. The lowest BCUT2D eigenvalue weighted by Gasteiger charge is -2.63. The molecule has 4 fully saturated rings. The molecule has 0 N–H and O–H groups in total. The van der Waals surface area contributed by atoms with Crippen LogP contribution in [0.5, 0.6) is 0 Å². The van der Waals surface area contributed by atoms with Gasteiger partial charge < -0.3 is 0 Å². The topological polar surface area (TPSA) is 13.0 Å². The van der Waals surface area contributed by atoms with E-state index in [4.69, 9.17) is 0 Å². The Morgan fingerprint density at radius 1 is 0.786 bits per heavy atom. The Labute approximate surface area is 86.0 Å². The lowest BCUT2D eigenvalue weighted by molar-refractivity contribution is -0.252. The molecule has 4 bridgehead atoms. The van der Waals surface area contributed by atoms with Crippen molar-refractivity contribution in [3.63, 3.8) is 0 Å². The van der Waals surface area contributed by atoms with E-state index in [2.05, 4.69) is 40.4 Å². The highest BCUT2D eigenvalue weighted by atomic mass is 15.7. The highest BCUT2D eigenvalue weighted by Crippen LogP contribution is 2.35. The Balaban J connectivity index is 1.88. The predicted octanol–water partition coefficient (Wildman–Crippen LogP) is 0.395. The van der Waals surface area contributed by atoms with Crippen LogP contribution in [0.4, 0.5) is 0 Å². The van der Waals surface area contributed by atoms with Crippen molar-refractivity contribution in [2.75, 3.05) is 33.3 Å². The summed E-state index contributed by atoms with van der Waals surface area (Å²) in [5.74, 6) is 0. The van der Waals surface area contributed by atoms with Crippen LogP contribution in [0, 0.1) is 5.41 Å². The van der Waals surface area contributed by atoms with E-state index < -0.39 is 0 Å². The highest BCUT2D eigenvalue weighted by molar-refractivity contribution is 4.92. The van der Waals surface area contributed by atoms with Crippen molar-refractivity contribution >= 4 is 0 Å². The first kappa shape index (κ1) is 9.09. The van der Waals surface area contributed by atoms with Crippen LogP contribution in [-0.4, -0.2) is 59.1 Å². The van der Waals surface area contributed by atoms with Gasteiger partial charge in [0.05, 0.1) is 39.5 Å². The third-order valence-electron chi connectivity index (χ3n) is 3.39. The molecule has 4 rings (SSSR count). The Hall–Kier alpha value is -0.160. The van der Waals surface area contributed by atoms with E-state index in [9.17, 15) is 0 Å². The molecule has 0 aliphatic carbocycles. The molecule has 80 valence electrons. The van der Waals surface area contributed by atoms with E-state index in [-0.39, 0.29) is 0 Å². The molecule has 0 spiro atoms. The highest BCUT2D eigenvalue weighted by Gasteiger charge is 2.47. The minimum atomic E-state index is 0.371. The molecule has 0 aromatic rings. The van der Waals surface area contributed by atoms with Gasteiger partial charge in [0.2, 0.25) is 0 Å². The molecule has 4 aliphatic rings. The number of rotatable bonds is 0. The molecule has 4 heterocycles. The Bertz CT molecular complexity index is 217. The molecule has 0 unspecified atom stereocenters. The summed E-state index contributed by atoms with van der Waals surface area (Å²) in [4.78, 5) is 10.2. The van der Waals surface area contributed by atoms with Crippen molar-refractivity contribution in [2.24, 2.45) is 5.41 Å². The van der Waals surface area contributed by atoms with Gasteiger partial charge in [-0.2, -0.15) is 0 Å². The maximum Gasteiger partial charge on any atom is 0.0716 e. The van der Waals surface area contributed by atoms with Gasteiger partial charge in [0, 0.05) is 0 Å². The summed E-state index contributed by atoms with van der Waals surface area (Å²) in [5.41, 5.74) is 0.371. The second kappa shape index (κ2) is 2.70. The lowest BCUT2D eigenvalue weighted by Crippen LogP contribution is -2.77. The number of hydrogen-bond donors (Lipinski definition) is 0. The fraction of sp³-hybridized carbons (Fsp3) is 1.00. The molecular weight excluding hydrogens is 176 g/mol. The Morgan fingerprint density at radius 3 is 1.57 bits per heavy atom. The summed E-state index contributed by atoms with van der Waals surface area (Å²) in [6.07, 6.45) is 0.635. The largest absolute Gasteiger partial charge is 0.264 e. The molecule has 4 saturated heterocycles. The SMILES string of the molecule is CC(C)(C)C1N2CN3CN(C2)CN1C3. The van der Waals surface area contributed by atoms with Crippen LogP contribution in [0.3, 0.4) is 0 Å². The van der Waals surface area contributed by atoms with Gasteiger partial charge in [-0.3, -0.25) is 19.6 Å². The quantitative estimate of drug-likeness (QED) is 0.556. The van der Waals surface area contributed by atoms with Crippen LogP contribution in [0.1, 0.15) is 20.8 Å². The molecule has 4 nitrogen and oxygen atoms in total. The van der Waals surface area contributed by atoms with Crippen LogP contribution in [0.15, 0.2) is 0 Å². The van der Waals surface area contributed by atoms with E-state index in [0.717, 1.165) is 26.7 Å². The molecule has 0 atom stereocenters. The van der Waals surface area contributed by atoms with E-state index in [0.29, 0.717) is 11.6 Å². The van der Waals surface area contributed by atoms with Crippen molar-refractivity contribution in [3.8, 4) is 0 Å². The Kier molecular flexibility index (Phi) is 1.75. The van der Waals surface area contributed by atoms with E-state index in [1.807, 2.05) is 0 Å². The Morgan fingerprint density at radius 2 is 1.21 bits per heavy atom. The first-order chi connectivity index (χ1) is 6.54. The molecule has 4 heteroatoms. The van der Waals surface area contributed by atoms with E-state index in [1.165, 1.54) is 6.67 Å². The minimum Gasteiger partial charge on any atom is -0.264 e. The first-order valence-corrected chi connectivity index (χ1v) is 5.47. The van der Waals surface area contributed by atoms with Crippen LogP contribution in [0.2, 0.25) is 0 Å². The lowest BCUT2D eigenvalue weighted by atomic mass is 9.89. The maximum absolute atomic E-state index is 2.59. The molecule has 0 aromatic heterocycles. The van der Waals surface area contributed by atoms with Gasteiger partial charge >= 0.3 is 0 Å². The van der Waals surface area contributed by atoms with Crippen LogP contribution in [0.25, 0.3) is 0 Å². The van der Waals surface area contributed by atoms with Crippen molar-refractivity contribution in [2.45, 2.75) is 26.9 Å². The fourth-order valence-corrected chi connectivity index (χ4v) is 3.30. The van der Waals surface area contributed by atoms with Gasteiger partial charge in [0.1, 0.15) is 0 Å². The van der Waals surface area contributed by atoms with Crippen LogP contribution < -0.4 is 0 Å². The van der Waals surface area contributed by atoms with Crippen molar-refractivity contribution in [1.82, 2.24) is 19.6 Å². The molecule has 0 radical (unpaired) electrons. The maximum atomic E-state index is 2.59. The van der Waals surface area contributed by atoms with Crippen LogP contribution >= 0.6 is 0 Å². The third-order valence-corrected chi connectivity index (χ3v) is 3.39. The van der Waals surface area contributed by atoms with E-state index >= 15 is 0 Å². The molecule has 4 aliphatic heterocycles. The van der Waals surface area contributed by atoms with Crippen molar-refractivity contribution in [3.05, 3.63) is 0 Å². The molecule has 0 amide bonds. The summed E-state index contributed by atoms with van der Waals surface area (Å²) in [6.45, 7) is 12.9. The van der Waals surface area contributed by atoms with Gasteiger partial charge in [0.25, 0.3) is 0 Å². The van der Waals surface area contributed by atoms with Gasteiger partial charge in [0.15, 0.2) is 0 Å². The smallest absolute Gasteiger partial charge is 0.0716 e. The van der Waals surface area contributed by atoms with E-state index in [1.54, 1.807) is 0 Å². The van der Waals surface area contributed by atoms with Gasteiger partial charge in [-0.05, 0) is 5.41 Å². The number of hydrogen-bond acceptors (Lipinski definition) is 4. The molecule has 14 heavy (non-hydrogen) atoms. The monoisotopic (exact) mass is 196 g/mol. The molecular formula is C10H20N4. The van der Waals surface area contributed by atoms with Crippen molar-refractivity contribution < 1.29 is 0 Å². The summed E-state index contributed by atoms with van der Waals surface area (Å²) in [5, 5.41) is 0. The summed E-state index contributed by atoms with van der Waals surface area (Å²) in [7, 11) is 0. The zero-order valence-corrected chi connectivity index (χ0v) is 9.40. The second-order valence-corrected chi connectivity index (χ2v) is 5.97. The average Bonchev–Trinajstić information content (AvgIpc) is 1.97. The fourth-order valence-electron chi connectivity index (χ4n) is 3.30. The van der Waals surface area contributed by atoms with Gasteiger partial charge in [-0.15, -0.1) is 0 Å².